The third-order valence-corrected chi connectivity index (χ3v) is 6.73. The second kappa shape index (κ2) is 7.33. The largest absolute Gasteiger partial charge is 0.493 e. The molecule has 166 valence electrons. The average molecular weight is 441 g/mol. The molecule has 1 aliphatic rings. The zero-order valence-electron chi connectivity index (χ0n) is 18.6. The van der Waals surface area contributed by atoms with E-state index in [1.54, 1.807) is 17.6 Å². The van der Waals surface area contributed by atoms with Gasteiger partial charge >= 0.3 is 0 Å². The molecule has 0 aliphatic carbocycles. The summed E-state index contributed by atoms with van der Waals surface area (Å²) in [5, 5.41) is 2.80. The van der Waals surface area contributed by atoms with Gasteiger partial charge in [-0.1, -0.05) is 18.2 Å². The second-order valence-corrected chi connectivity index (χ2v) is 8.49. The Hall–Kier alpha value is -3.87. The number of amides is 1. The molecule has 0 bridgehead atoms. The summed E-state index contributed by atoms with van der Waals surface area (Å²) < 4.78 is 12.8. The molecule has 7 nitrogen and oxygen atoms in total. The predicted octanol–water partition coefficient (Wildman–Crippen LogP) is 4.24. The topological polar surface area (TPSA) is 73.1 Å². The van der Waals surface area contributed by atoms with Crippen LogP contribution in [0.1, 0.15) is 29.8 Å². The zero-order chi connectivity index (χ0) is 22.7. The highest BCUT2D eigenvalue weighted by Gasteiger charge is 2.26. The molecule has 1 fully saturated rings. The number of carbonyl (C=O) groups is 1. The first-order valence-electron chi connectivity index (χ1n) is 11.2. The summed E-state index contributed by atoms with van der Waals surface area (Å²) in [5.74, 6) is 0.774. The molecule has 0 saturated carbocycles. The number of pyridine rings is 2. The monoisotopic (exact) mass is 441 g/mol. The third-order valence-electron chi connectivity index (χ3n) is 6.73. The number of likely N-dealkylation sites (tertiary alicyclic amines) is 1. The standard InChI is InChI=1S/C26H23N3O4/c1-32-20-11-10-16-21(24(20)33-2)26(31)29-19-9-5-4-8-15(19)17-14-18(27-22(16)23(17)29)25(30)28-12-6-3-7-13-28/h4-5,8-11,14H,3,6-7,12-13H2,1-2H3. The van der Waals surface area contributed by atoms with E-state index in [0.717, 1.165) is 54.2 Å². The summed E-state index contributed by atoms with van der Waals surface area (Å²) in [6.45, 7) is 1.49. The van der Waals surface area contributed by atoms with Crippen LogP contribution in [0.2, 0.25) is 0 Å². The minimum absolute atomic E-state index is 0.0661. The molecular formula is C26H23N3O4. The van der Waals surface area contributed by atoms with Crippen molar-refractivity contribution in [3.8, 4) is 11.5 Å². The molecule has 2 aromatic carbocycles. The Morgan fingerprint density at radius 1 is 0.939 bits per heavy atom. The van der Waals surface area contributed by atoms with Gasteiger partial charge in [0, 0.05) is 29.2 Å². The van der Waals surface area contributed by atoms with E-state index >= 15 is 0 Å². The predicted molar refractivity (Wildman–Crippen MR) is 128 cm³/mol. The van der Waals surface area contributed by atoms with E-state index < -0.39 is 0 Å². The summed E-state index contributed by atoms with van der Waals surface area (Å²) >= 11 is 0. The van der Waals surface area contributed by atoms with E-state index in [2.05, 4.69) is 0 Å². The van der Waals surface area contributed by atoms with Crippen LogP contribution in [-0.2, 0) is 0 Å². The van der Waals surface area contributed by atoms with Gasteiger partial charge in [-0.3, -0.25) is 14.0 Å². The Labute approximate surface area is 189 Å². The van der Waals surface area contributed by atoms with Crippen LogP contribution in [0.4, 0.5) is 0 Å². The zero-order valence-corrected chi connectivity index (χ0v) is 18.6. The first-order chi connectivity index (χ1) is 16.1. The maximum Gasteiger partial charge on any atom is 0.272 e. The van der Waals surface area contributed by atoms with E-state index in [-0.39, 0.29) is 11.5 Å². The molecule has 3 aromatic heterocycles. The van der Waals surface area contributed by atoms with Crippen LogP contribution in [0, 0.1) is 0 Å². The van der Waals surface area contributed by atoms with Crippen molar-refractivity contribution >= 4 is 44.0 Å². The lowest BCUT2D eigenvalue weighted by molar-refractivity contribution is 0.0719. The van der Waals surface area contributed by atoms with Crippen molar-refractivity contribution in [1.29, 1.82) is 0 Å². The van der Waals surface area contributed by atoms with Crippen LogP contribution >= 0.6 is 0 Å². The van der Waals surface area contributed by atoms with Gasteiger partial charge in [0.15, 0.2) is 11.5 Å². The van der Waals surface area contributed by atoms with E-state index in [4.69, 9.17) is 14.5 Å². The van der Waals surface area contributed by atoms with Crippen molar-refractivity contribution in [3.63, 3.8) is 0 Å². The number of ether oxygens (including phenoxy) is 2. The van der Waals surface area contributed by atoms with Gasteiger partial charge in [-0.15, -0.1) is 0 Å². The lowest BCUT2D eigenvalue weighted by Gasteiger charge is -2.26. The van der Waals surface area contributed by atoms with Crippen LogP contribution in [0.15, 0.2) is 47.3 Å². The van der Waals surface area contributed by atoms with Crippen molar-refractivity contribution in [3.05, 3.63) is 58.5 Å². The number of hydrogen-bond acceptors (Lipinski definition) is 5. The minimum Gasteiger partial charge on any atom is -0.493 e. The lowest BCUT2D eigenvalue weighted by atomic mass is 10.1. The molecule has 7 heteroatoms. The van der Waals surface area contributed by atoms with Gasteiger partial charge in [0.1, 0.15) is 5.69 Å². The highest BCUT2D eigenvalue weighted by molar-refractivity contribution is 6.21. The highest BCUT2D eigenvalue weighted by atomic mass is 16.5. The fourth-order valence-corrected chi connectivity index (χ4v) is 5.20. The van der Waals surface area contributed by atoms with Crippen molar-refractivity contribution in [2.75, 3.05) is 27.3 Å². The number of piperidine rings is 1. The molecule has 0 spiro atoms. The van der Waals surface area contributed by atoms with Crippen molar-refractivity contribution in [1.82, 2.24) is 14.3 Å². The molecule has 33 heavy (non-hydrogen) atoms. The van der Waals surface area contributed by atoms with Gasteiger partial charge in [-0.25, -0.2) is 4.98 Å². The van der Waals surface area contributed by atoms with Crippen molar-refractivity contribution in [2.45, 2.75) is 19.3 Å². The Balaban J connectivity index is 1.79. The summed E-state index contributed by atoms with van der Waals surface area (Å²) in [6, 6.07) is 13.2. The number of carbonyl (C=O) groups excluding carboxylic acids is 1. The number of nitrogens with zero attached hydrogens (tertiary/aromatic N) is 3. The summed E-state index contributed by atoms with van der Waals surface area (Å²) in [7, 11) is 3.07. The molecule has 4 heterocycles. The molecule has 1 aliphatic heterocycles. The van der Waals surface area contributed by atoms with Gasteiger partial charge in [0.25, 0.3) is 11.5 Å². The molecule has 0 radical (unpaired) electrons. The summed E-state index contributed by atoms with van der Waals surface area (Å²) in [5.41, 5.74) is 2.31. The molecule has 0 unspecified atom stereocenters. The molecule has 1 amide bonds. The number of methoxy groups -OCH3 is 2. The minimum atomic E-state index is -0.198. The second-order valence-electron chi connectivity index (χ2n) is 8.49. The highest BCUT2D eigenvalue weighted by Crippen LogP contribution is 2.39. The SMILES string of the molecule is COc1ccc2c(c1OC)c(=O)n1c3ccccc3c3cc(C(=O)N4CCCCC4)nc2c31. The van der Waals surface area contributed by atoms with Crippen LogP contribution < -0.4 is 15.0 Å². The fraction of sp³-hybridized carbons (Fsp3) is 0.269. The first-order valence-corrected chi connectivity index (χ1v) is 11.2. The molecule has 0 atom stereocenters. The quantitative estimate of drug-likeness (QED) is 0.392. The number of rotatable bonds is 3. The van der Waals surface area contributed by atoms with Crippen LogP contribution in [0.5, 0.6) is 11.5 Å². The molecule has 6 rings (SSSR count). The van der Waals surface area contributed by atoms with Crippen LogP contribution in [-0.4, -0.2) is 47.5 Å². The smallest absolute Gasteiger partial charge is 0.272 e. The molecule has 5 aromatic rings. The first kappa shape index (κ1) is 19.8. The summed E-state index contributed by atoms with van der Waals surface area (Å²) in [4.78, 5) is 34.0. The van der Waals surface area contributed by atoms with Crippen molar-refractivity contribution < 1.29 is 14.3 Å². The van der Waals surface area contributed by atoms with Crippen LogP contribution in [0.25, 0.3) is 38.1 Å². The average Bonchev–Trinajstić information content (AvgIpc) is 3.21. The Kier molecular flexibility index (Phi) is 4.40. The molecular weight excluding hydrogens is 418 g/mol. The number of benzene rings is 2. The van der Waals surface area contributed by atoms with E-state index in [1.807, 2.05) is 41.3 Å². The van der Waals surface area contributed by atoms with Gasteiger partial charge < -0.3 is 14.4 Å². The number of hydrogen-bond donors (Lipinski definition) is 0. The van der Waals surface area contributed by atoms with E-state index in [1.165, 1.54) is 7.11 Å². The number of fused-ring (bicyclic) bond motifs is 5. The maximum atomic E-state index is 13.8. The molecule has 1 saturated heterocycles. The normalized spacial score (nSPS) is 14.5. The Morgan fingerprint density at radius 2 is 1.73 bits per heavy atom. The maximum absolute atomic E-state index is 13.8. The van der Waals surface area contributed by atoms with E-state index in [9.17, 15) is 9.59 Å². The lowest BCUT2D eigenvalue weighted by Crippen LogP contribution is -2.36. The summed E-state index contributed by atoms with van der Waals surface area (Å²) in [6.07, 6.45) is 3.16. The van der Waals surface area contributed by atoms with Gasteiger partial charge in [-0.2, -0.15) is 0 Å². The van der Waals surface area contributed by atoms with Gasteiger partial charge in [-0.05, 0) is 43.5 Å². The van der Waals surface area contributed by atoms with Gasteiger partial charge in [0.2, 0.25) is 0 Å². The van der Waals surface area contributed by atoms with Crippen LogP contribution in [0.3, 0.4) is 0 Å². The van der Waals surface area contributed by atoms with Gasteiger partial charge in [0.05, 0.1) is 36.2 Å². The Bertz CT molecular complexity index is 1620. The number of aromatic nitrogens is 2. The number of para-hydroxylation sites is 1. The Morgan fingerprint density at radius 3 is 2.48 bits per heavy atom. The van der Waals surface area contributed by atoms with E-state index in [0.29, 0.717) is 33.5 Å². The fourth-order valence-electron chi connectivity index (χ4n) is 5.20. The van der Waals surface area contributed by atoms with Crippen molar-refractivity contribution in [2.24, 2.45) is 0 Å². The third kappa shape index (κ3) is 2.71. The molecule has 0 N–H and O–H groups in total.